The zero-order chi connectivity index (χ0) is 43.7. The van der Waals surface area contributed by atoms with Gasteiger partial charge in [-0.15, -0.1) is 0 Å². The van der Waals surface area contributed by atoms with Crippen molar-refractivity contribution in [2.45, 2.75) is 307 Å². The van der Waals surface area contributed by atoms with Crippen LogP contribution in [-0.4, -0.2) is 99.4 Å². The van der Waals surface area contributed by atoms with Crippen molar-refractivity contribution in [2.75, 3.05) is 19.9 Å². The molecule has 1 aliphatic heterocycles. The minimum absolute atomic E-state index is 0.237. The van der Waals surface area contributed by atoms with Gasteiger partial charge in [-0.1, -0.05) is 232 Å². The summed E-state index contributed by atoms with van der Waals surface area (Å²) in [6, 6.07) is -0.515. The summed E-state index contributed by atoms with van der Waals surface area (Å²) in [7, 11) is 0. The first-order valence-electron chi connectivity index (χ1n) is 26.3. The Morgan fingerprint density at radius 3 is 1.18 bits per heavy atom. The highest BCUT2D eigenvalue weighted by molar-refractivity contribution is 4.93. The molecule has 0 bridgehead atoms. The molecule has 1 saturated heterocycles. The molecule has 0 amide bonds. The molecule has 0 aromatic carbocycles. The van der Waals surface area contributed by atoms with Crippen LogP contribution in [0.1, 0.15) is 258 Å². The zero-order valence-corrected chi connectivity index (χ0v) is 39.6. The number of unbranched alkanes of at least 4 members (excludes halogenated alkanes) is 33. The average molecular weight is 858 g/mol. The Morgan fingerprint density at radius 1 is 0.450 bits per heavy atom. The number of ether oxygens (including phenoxy) is 2. The Hall–Kier alpha value is -0.360. The second kappa shape index (κ2) is 42.6. The van der Waals surface area contributed by atoms with E-state index >= 15 is 0 Å². The number of rotatable bonds is 46. The first-order valence-corrected chi connectivity index (χ1v) is 26.3. The number of nitrogens with one attached hydrogen (secondary N) is 1. The van der Waals surface area contributed by atoms with Crippen molar-refractivity contribution >= 4 is 0 Å². The molecule has 360 valence electrons. The molecular formula is C51H103NO8. The topological polar surface area (TPSA) is 152 Å². The van der Waals surface area contributed by atoms with Crippen LogP contribution in [-0.2, 0) is 9.47 Å². The molecule has 1 heterocycles. The number of aliphatic hydroxyl groups is 6. The molecule has 60 heavy (non-hydrogen) atoms. The summed E-state index contributed by atoms with van der Waals surface area (Å²) in [6.07, 6.45) is 39.5. The summed E-state index contributed by atoms with van der Waals surface area (Å²) in [5, 5.41) is 66.1. The third-order valence-electron chi connectivity index (χ3n) is 13.3. The Bertz CT molecular complexity index is 867. The van der Waals surface area contributed by atoms with Gasteiger partial charge < -0.3 is 40.1 Å². The Morgan fingerprint density at radius 2 is 0.800 bits per heavy atom. The average Bonchev–Trinajstić information content (AvgIpc) is 3.25. The van der Waals surface area contributed by atoms with Gasteiger partial charge in [0.1, 0.15) is 24.4 Å². The maximum Gasteiger partial charge on any atom is 0.111 e. The van der Waals surface area contributed by atoms with Crippen molar-refractivity contribution in [3.8, 4) is 0 Å². The van der Waals surface area contributed by atoms with E-state index in [9.17, 15) is 30.6 Å². The van der Waals surface area contributed by atoms with E-state index in [2.05, 4.69) is 19.2 Å². The van der Waals surface area contributed by atoms with Gasteiger partial charge in [-0.25, -0.2) is 0 Å². The molecule has 0 radical (unpaired) electrons. The fraction of sp³-hybridized carbons (Fsp3) is 1.00. The summed E-state index contributed by atoms with van der Waals surface area (Å²) in [6.45, 7) is 4.93. The highest BCUT2D eigenvalue weighted by Crippen LogP contribution is 2.26. The lowest BCUT2D eigenvalue weighted by Crippen LogP contribution is -2.58. The van der Waals surface area contributed by atoms with Crippen molar-refractivity contribution in [2.24, 2.45) is 0 Å². The number of hydrogen-bond donors (Lipinski definition) is 7. The van der Waals surface area contributed by atoms with Crippen molar-refractivity contribution in [3.05, 3.63) is 0 Å². The van der Waals surface area contributed by atoms with Crippen LogP contribution in [0.15, 0.2) is 0 Å². The van der Waals surface area contributed by atoms with Crippen LogP contribution in [0, 0.1) is 0 Å². The standard InChI is InChI=1S/C51H103NO8/c1-3-5-7-9-11-13-15-17-18-19-20-21-22-23-24-25-26-27-29-31-33-35-37-41-59-43-52-44(39-40-46-49(56)51(58)50(57)47(42-53)60-46)48(55)45(54)38-36-34-32-30-28-16-14-12-10-8-6-4-2/h44-58H,3-43H2,1-2H3/t44-,45+,46?,47?,48-,49?,50?,51?/m0/s1. The number of aliphatic hydroxyl groups excluding tert-OH is 6. The van der Waals surface area contributed by atoms with Gasteiger partial charge in [0.15, 0.2) is 0 Å². The molecule has 8 atom stereocenters. The van der Waals surface area contributed by atoms with E-state index in [1.54, 1.807) is 0 Å². The quantitative estimate of drug-likeness (QED) is 0.0234. The first kappa shape index (κ1) is 57.7. The molecule has 0 aliphatic carbocycles. The van der Waals surface area contributed by atoms with E-state index in [1.165, 1.54) is 193 Å². The van der Waals surface area contributed by atoms with Crippen LogP contribution in [0.4, 0.5) is 0 Å². The zero-order valence-electron chi connectivity index (χ0n) is 39.6. The van der Waals surface area contributed by atoms with Gasteiger partial charge in [0.2, 0.25) is 0 Å². The maximum absolute atomic E-state index is 11.2. The molecule has 9 heteroatoms. The summed E-state index contributed by atoms with van der Waals surface area (Å²) in [4.78, 5) is 0. The minimum Gasteiger partial charge on any atom is -0.394 e. The predicted octanol–water partition coefficient (Wildman–Crippen LogP) is 11.3. The third kappa shape index (κ3) is 31.5. The number of hydrogen-bond acceptors (Lipinski definition) is 9. The van der Waals surface area contributed by atoms with Gasteiger partial charge in [-0.05, 0) is 25.7 Å². The van der Waals surface area contributed by atoms with E-state index in [0.717, 1.165) is 32.1 Å². The van der Waals surface area contributed by atoms with Gasteiger partial charge in [0, 0.05) is 12.6 Å². The second-order valence-electron chi connectivity index (χ2n) is 18.8. The van der Waals surface area contributed by atoms with E-state index in [0.29, 0.717) is 19.4 Å². The van der Waals surface area contributed by atoms with Crippen LogP contribution in [0.5, 0.6) is 0 Å². The molecule has 1 aliphatic rings. The smallest absolute Gasteiger partial charge is 0.111 e. The first-order chi connectivity index (χ1) is 29.4. The van der Waals surface area contributed by atoms with Crippen molar-refractivity contribution in [1.82, 2.24) is 5.32 Å². The SMILES string of the molecule is CCCCCCCCCCCCCCCCCCCCCCCCCOCN[C@@H](CCC1OC(CO)C(O)C(O)C1O)[C@H](O)[C@H](O)CCCCCCCCCCCCCC. The predicted molar refractivity (Wildman–Crippen MR) is 250 cm³/mol. The van der Waals surface area contributed by atoms with Crippen molar-refractivity contribution < 1.29 is 40.1 Å². The van der Waals surface area contributed by atoms with Gasteiger partial charge in [-0.2, -0.15) is 0 Å². The Balaban J connectivity index is 2.18. The summed E-state index contributed by atoms with van der Waals surface area (Å²) >= 11 is 0. The van der Waals surface area contributed by atoms with Gasteiger partial charge >= 0.3 is 0 Å². The van der Waals surface area contributed by atoms with Gasteiger partial charge in [0.05, 0.1) is 31.6 Å². The lowest BCUT2D eigenvalue weighted by atomic mass is 9.90. The molecular weight excluding hydrogens is 755 g/mol. The van der Waals surface area contributed by atoms with E-state index in [1.807, 2.05) is 0 Å². The molecule has 0 aromatic rings. The third-order valence-corrected chi connectivity index (χ3v) is 13.3. The molecule has 1 fully saturated rings. The summed E-state index contributed by atoms with van der Waals surface area (Å²) < 4.78 is 11.6. The highest BCUT2D eigenvalue weighted by Gasteiger charge is 2.43. The minimum atomic E-state index is -1.43. The van der Waals surface area contributed by atoms with Crippen molar-refractivity contribution in [3.63, 3.8) is 0 Å². The molecule has 5 unspecified atom stereocenters. The molecule has 7 N–H and O–H groups in total. The van der Waals surface area contributed by atoms with Crippen LogP contribution in [0.2, 0.25) is 0 Å². The van der Waals surface area contributed by atoms with E-state index in [-0.39, 0.29) is 13.2 Å². The van der Waals surface area contributed by atoms with Gasteiger partial charge in [-0.3, -0.25) is 5.32 Å². The largest absolute Gasteiger partial charge is 0.394 e. The van der Waals surface area contributed by atoms with Crippen LogP contribution >= 0.6 is 0 Å². The highest BCUT2D eigenvalue weighted by atomic mass is 16.5. The lowest BCUT2D eigenvalue weighted by Gasteiger charge is -2.40. The summed E-state index contributed by atoms with van der Waals surface area (Å²) in [5.41, 5.74) is 0. The molecule has 9 nitrogen and oxygen atoms in total. The Kier molecular flexibility index (Phi) is 40.9. The van der Waals surface area contributed by atoms with Gasteiger partial charge in [0.25, 0.3) is 0 Å². The van der Waals surface area contributed by atoms with Crippen LogP contribution < -0.4 is 5.32 Å². The molecule has 0 spiro atoms. The molecule has 0 aromatic heterocycles. The van der Waals surface area contributed by atoms with E-state index < -0.39 is 55.4 Å². The summed E-state index contributed by atoms with van der Waals surface area (Å²) in [5.74, 6) is 0. The van der Waals surface area contributed by atoms with Crippen molar-refractivity contribution in [1.29, 1.82) is 0 Å². The van der Waals surface area contributed by atoms with Crippen LogP contribution in [0.25, 0.3) is 0 Å². The second-order valence-corrected chi connectivity index (χ2v) is 18.8. The Labute approximate surface area is 371 Å². The fourth-order valence-electron chi connectivity index (χ4n) is 9.02. The lowest BCUT2D eigenvalue weighted by molar-refractivity contribution is -0.231. The monoisotopic (exact) mass is 858 g/mol. The molecule has 1 rings (SSSR count). The molecule has 0 saturated carbocycles. The fourth-order valence-corrected chi connectivity index (χ4v) is 9.02. The normalized spacial score (nSPS) is 21.1. The van der Waals surface area contributed by atoms with E-state index in [4.69, 9.17) is 9.47 Å². The maximum atomic E-state index is 11.2. The van der Waals surface area contributed by atoms with Crippen LogP contribution in [0.3, 0.4) is 0 Å².